The monoisotopic (exact) mass is 318 g/mol. The Balaban J connectivity index is 2.22. The van der Waals surface area contributed by atoms with E-state index in [2.05, 4.69) is 0 Å². The third-order valence-corrected chi connectivity index (χ3v) is 3.50. The zero-order chi connectivity index (χ0) is 14.7. The third kappa shape index (κ3) is 3.39. The van der Waals surface area contributed by atoms with Crippen molar-refractivity contribution in [2.24, 2.45) is 0 Å². The number of rotatable bonds is 3. The first kappa shape index (κ1) is 15.0. The van der Waals surface area contributed by atoms with Crippen molar-refractivity contribution in [1.29, 1.82) is 0 Å². The molecule has 1 unspecified atom stereocenters. The van der Waals surface area contributed by atoms with Gasteiger partial charge in [0.2, 0.25) is 0 Å². The van der Waals surface area contributed by atoms with E-state index in [0.717, 1.165) is 0 Å². The summed E-state index contributed by atoms with van der Waals surface area (Å²) >= 11 is 11.5. The van der Waals surface area contributed by atoms with Crippen molar-refractivity contribution < 1.29 is 14.5 Å². The van der Waals surface area contributed by atoms with Crippen molar-refractivity contribution >= 4 is 34.8 Å². The highest BCUT2D eigenvalue weighted by Gasteiger charge is 2.25. The standard InChI is InChI=1S/C12H12Cl2N2O4/c13-6-11-7-15(1-2-20-11)12(17)8-3-9(14)5-10(4-8)16(18)19/h3-5,11H,1-2,6-7H2. The average Bonchev–Trinajstić information content (AvgIpc) is 2.45. The van der Waals surface area contributed by atoms with Gasteiger partial charge in [0.1, 0.15) is 0 Å². The zero-order valence-corrected chi connectivity index (χ0v) is 11.9. The predicted molar refractivity (Wildman–Crippen MR) is 74.5 cm³/mol. The number of halogens is 2. The lowest BCUT2D eigenvalue weighted by Gasteiger charge is -2.32. The Morgan fingerprint density at radius 1 is 1.50 bits per heavy atom. The molecule has 1 aromatic rings. The number of nitro benzene ring substituents is 1. The summed E-state index contributed by atoms with van der Waals surface area (Å²) in [6, 6.07) is 3.85. The van der Waals surface area contributed by atoms with E-state index in [9.17, 15) is 14.9 Å². The summed E-state index contributed by atoms with van der Waals surface area (Å²) in [5.41, 5.74) is -0.0116. The Hall–Kier alpha value is -1.37. The van der Waals surface area contributed by atoms with E-state index in [1.807, 2.05) is 0 Å². The van der Waals surface area contributed by atoms with Gasteiger partial charge >= 0.3 is 0 Å². The van der Waals surface area contributed by atoms with Crippen LogP contribution in [0.15, 0.2) is 18.2 Å². The normalized spacial score (nSPS) is 18.9. The fraction of sp³-hybridized carbons (Fsp3) is 0.417. The highest BCUT2D eigenvalue weighted by Crippen LogP contribution is 2.22. The van der Waals surface area contributed by atoms with E-state index < -0.39 is 4.92 Å². The molecule has 1 aliphatic heterocycles. The quantitative estimate of drug-likeness (QED) is 0.487. The van der Waals surface area contributed by atoms with Crippen molar-refractivity contribution in [2.45, 2.75) is 6.10 Å². The van der Waals surface area contributed by atoms with E-state index in [1.165, 1.54) is 18.2 Å². The maximum absolute atomic E-state index is 12.3. The van der Waals surface area contributed by atoms with Crippen molar-refractivity contribution in [3.63, 3.8) is 0 Å². The average molecular weight is 319 g/mol. The molecule has 20 heavy (non-hydrogen) atoms. The summed E-state index contributed by atoms with van der Waals surface area (Å²) in [6.07, 6.45) is -0.219. The molecule has 8 heteroatoms. The van der Waals surface area contributed by atoms with E-state index in [4.69, 9.17) is 27.9 Å². The lowest BCUT2D eigenvalue weighted by molar-refractivity contribution is -0.384. The number of non-ortho nitro benzene ring substituents is 1. The van der Waals surface area contributed by atoms with Crippen LogP contribution in [0.1, 0.15) is 10.4 Å². The first-order chi connectivity index (χ1) is 9.51. The molecule has 2 rings (SSSR count). The lowest BCUT2D eigenvalue weighted by Crippen LogP contribution is -2.46. The van der Waals surface area contributed by atoms with Crippen LogP contribution in [-0.2, 0) is 4.74 Å². The molecule has 108 valence electrons. The second-order valence-corrected chi connectivity index (χ2v) is 5.10. The van der Waals surface area contributed by atoms with Crippen LogP contribution >= 0.6 is 23.2 Å². The number of carbonyl (C=O) groups excluding carboxylic acids is 1. The minimum atomic E-state index is -0.580. The molecule has 0 aromatic heterocycles. The van der Waals surface area contributed by atoms with Gasteiger partial charge < -0.3 is 9.64 Å². The van der Waals surface area contributed by atoms with E-state index in [1.54, 1.807) is 4.90 Å². The smallest absolute Gasteiger partial charge is 0.271 e. The Morgan fingerprint density at radius 3 is 2.90 bits per heavy atom. The van der Waals surface area contributed by atoms with Crippen LogP contribution in [0.25, 0.3) is 0 Å². The molecule has 1 aromatic carbocycles. The second kappa shape index (κ2) is 6.39. The number of carbonyl (C=O) groups is 1. The zero-order valence-electron chi connectivity index (χ0n) is 10.4. The van der Waals surface area contributed by atoms with Gasteiger partial charge in [-0.3, -0.25) is 14.9 Å². The Morgan fingerprint density at radius 2 is 2.25 bits per heavy atom. The van der Waals surface area contributed by atoms with Crippen molar-refractivity contribution in [3.05, 3.63) is 38.9 Å². The molecule has 0 aliphatic carbocycles. The molecule has 0 spiro atoms. The molecule has 0 N–H and O–H groups in total. The molecule has 1 saturated heterocycles. The molecule has 1 aliphatic rings. The Labute approximate surface area is 125 Å². The molecule has 1 amide bonds. The van der Waals surface area contributed by atoms with Gasteiger partial charge in [-0.1, -0.05) is 11.6 Å². The van der Waals surface area contributed by atoms with Crippen molar-refractivity contribution in [1.82, 2.24) is 4.90 Å². The molecule has 1 atom stereocenters. The van der Waals surface area contributed by atoms with Gasteiger partial charge in [0, 0.05) is 35.8 Å². The van der Waals surface area contributed by atoms with Crippen LogP contribution in [0.3, 0.4) is 0 Å². The van der Waals surface area contributed by atoms with Gasteiger partial charge in [-0.05, 0) is 6.07 Å². The largest absolute Gasteiger partial charge is 0.373 e. The van der Waals surface area contributed by atoms with E-state index in [-0.39, 0.29) is 28.3 Å². The third-order valence-electron chi connectivity index (χ3n) is 2.94. The summed E-state index contributed by atoms with van der Waals surface area (Å²) in [6.45, 7) is 1.18. The number of nitro groups is 1. The minimum absolute atomic E-state index is 0.157. The molecule has 6 nitrogen and oxygen atoms in total. The first-order valence-electron chi connectivity index (χ1n) is 5.93. The van der Waals surface area contributed by atoms with Crippen LogP contribution in [0.4, 0.5) is 5.69 Å². The molecule has 1 heterocycles. The first-order valence-corrected chi connectivity index (χ1v) is 6.84. The summed E-state index contributed by atoms with van der Waals surface area (Å²) in [5, 5.41) is 10.9. The Bertz CT molecular complexity index is 538. The van der Waals surface area contributed by atoms with Gasteiger partial charge in [0.05, 0.1) is 23.5 Å². The minimum Gasteiger partial charge on any atom is -0.373 e. The van der Waals surface area contributed by atoms with Crippen LogP contribution in [0.2, 0.25) is 5.02 Å². The molecule has 0 saturated carbocycles. The van der Waals surface area contributed by atoms with Crippen LogP contribution < -0.4 is 0 Å². The molecular formula is C12H12Cl2N2O4. The van der Waals surface area contributed by atoms with Gasteiger partial charge in [0.25, 0.3) is 11.6 Å². The summed E-state index contributed by atoms with van der Waals surface area (Å²) in [7, 11) is 0. The highest BCUT2D eigenvalue weighted by molar-refractivity contribution is 6.31. The van der Waals surface area contributed by atoms with Gasteiger partial charge in [-0.2, -0.15) is 0 Å². The fourth-order valence-electron chi connectivity index (χ4n) is 1.98. The number of alkyl halides is 1. The summed E-state index contributed by atoms with van der Waals surface area (Å²) in [4.78, 5) is 24.1. The number of hydrogen-bond donors (Lipinski definition) is 0. The SMILES string of the molecule is O=C(c1cc(Cl)cc([N+](=O)[O-])c1)N1CCOC(CCl)C1. The molecule has 1 fully saturated rings. The maximum Gasteiger partial charge on any atom is 0.271 e. The van der Waals surface area contributed by atoms with Crippen molar-refractivity contribution in [2.75, 3.05) is 25.6 Å². The highest BCUT2D eigenvalue weighted by atomic mass is 35.5. The fourth-order valence-corrected chi connectivity index (χ4v) is 2.40. The van der Waals surface area contributed by atoms with Gasteiger partial charge in [-0.25, -0.2) is 0 Å². The van der Waals surface area contributed by atoms with Crippen LogP contribution in [-0.4, -0.2) is 47.4 Å². The summed E-state index contributed by atoms with van der Waals surface area (Å²) < 4.78 is 5.37. The molecule has 0 bridgehead atoms. The number of nitrogens with zero attached hydrogens (tertiary/aromatic N) is 2. The number of morpholine rings is 1. The molecule has 0 radical (unpaired) electrons. The molecular weight excluding hydrogens is 307 g/mol. The number of amides is 1. The van der Waals surface area contributed by atoms with Gasteiger partial charge in [-0.15, -0.1) is 11.6 Å². The van der Waals surface area contributed by atoms with Crippen LogP contribution in [0.5, 0.6) is 0 Å². The number of hydrogen-bond acceptors (Lipinski definition) is 4. The van der Waals surface area contributed by atoms with E-state index >= 15 is 0 Å². The Kier molecular flexibility index (Phi) is 4.80. The predicted octanol–water partition coefficient (Wildman–Crippen LogP) is 2.33. The van der Waals surface area contributed by atoms with Crippen molar-refractivity contribution in [3.8, 4) is 0 Å². The topological polar surface area (TPSA) is 72.7 Å². The lowest BCUT2D eigenvalue weighted by atomic mass is 10.1. The maximum atomic E-state index is 12.3. The summed E-state index contributed by atoms with van der Waals surface area (Å²) in [5.74, 6) is -0.0200. The van der Waals surface area contributed by atoms with Gasteiger partial charge in [0.15, 0.2) is 0 Å². The van der Waals surface area contributed by atoms with Crippen LogP contribution in [0, 0.1) is 10.1 Å². The van der Waals surface area contributed by atoms with E-state index in [0.29, 0.717) is 25.6 Å². The number of benzene rings is 1. The second-order valence-electron chi connectivity index (χ2n) is 4.35. The number of ether oxygens (including phenoxy) is 1.